The topological polar surface area (TPSA) is 67.2 Å². The summed E-state index contributed by atoms with van der Waals surface area (Å²) in [6.07, 6.45) is 6.00. The van der Waals surface area contributed by atoms with Crippen molar-refractivity contribution in [1.29, 1.82) is 0 Å². The maximum atomic E-state index is 11.3. The Labute approximate surface area is 119 Å². The second-order valence-corrected chi connectivity index (χ2v) is 5.57. The van der Waals surface area contributed by atoms with Gasteiger partial charge in [0.2, 0.25) is 0 Å². The van der Waals surface area contributed by atoms with Crippen LogP contribution in [0.3, 0.4) is 0 Å². The Morgan fingerprint density at radius 3 is 2.60 bits per heavy atom. The summed E-state index contributed by atoms with van der Waals surface area (Å²) in [6, 6.07) is 5.71. The van der Waals surface area contributed by atoms with Crippen molar-refractivity contribution in [1.82, 2.24) is 0 Å². The number of nitrogens with one attached hydrogen (secondary N) is 2. The minimum Gasteiger partial charge on any atom is -0.382 e. The monoisotopic (exact) mass is 277 g/mol. The van der Waals surface area contributed by atoms with Crippen LogP contribution in [-0.4, -0.2) is 18.0 Å². The Bertz CT molecular complexity index is 476. The van der Waals surface area contributed by atoms with Gasteiger partial charge in [0.1, 0.15) is 11.4 Å². The van der Waals surface area contributed by atoms with Gasteiger partial charge in [-0.2, -0.15) is 0 Å². The molecular weight excluding hydrogens is 254 g/mol. The molecule has 1 aromatic carbocycles. The summed E-state index contributed by atoms with van der Waals surface area (Å²) >= 11 is 0. The van der Waals surface area contributed by atoms with E-state index < -0.39 is 0 Å². The van der Waals surface area contributed by atoms with Crippen molar-refractivity contribution in [3.63, 3.8) is 0 Å². The molecule has 0 saturated heterocycles. The lowest BCUT2D eigenvalue weighted by Gasteiger charge is -2.24. The van der Waals surface area contributed by atoms with Gasteiger partial charge < -0.3 is 10.6 Å². The second-order valence-electron chi connectivity index (χ2n) is 5.57. The highest BCUT2D eigenvalue weighted by molar-refractivity contribution is 5.76. The average molecular weight is 277 g/mol. The molecule has 2 rings (SSSR count). The number of anilines is 2. The van der Waals surface area contributed by atoms with Crippen molar-refractivity contribution in [3.05, 3.63) is 28.3 Å². The van der Waals surface area contributed by atoms with Crippen molar-refractivity contribution >= 4 is 17.1 Å². The first kappa shape index (κ1) is 14.6. The molecule has 0 amide bonds. The first-order valence-corrected chi connectivity index (χ1v) is 7.35. The summed E-state index contributed by atoms with van der Waals surface area (Å²) in [5, 5.41) is 17.6. The first-order valence-electron chi connectivity index (χ1n) is 7.35. The molecule has 0 radical (unpaired) electrons. The standard InChI is InChI=1S/C15H23N3O2/c1-11-7-4-3-5-8-12(11)17-14-10-6-9-13(16-2)15(14)18(19)20/h6,9-12,16-17H,3-5,7-8H2,1-2H3. The summed E-state index contributed by atoms with van der Waals surface area (Å²) in [5.41, 5.74) is 1.33. The zero-order valence-corrected chi connectivity index (χ0v) is 12.2. The molecule has 0 spiro atoms. The van der Waals surface area contributed by atoms with E-state index in [1.807, 2.05) is 6.07 Å². The van der Waals surface area contributed by atoms with Crippen LogP contribution in [0.15, 0.2) is 18.2 Å². The van der Waals surface area contributed by atoms with Gasteiger partial charge >= 0.3 is 5.69 Å². The van der Waals surface area contributed by atoms with Gasteiger partial charge in [0, 0.05) is 13.1 Å². The van der Waals surface area contributed by atoms with E-state index in [0.717, 1.165) is 6.42 Å². The quantitative estimate of drug-likeness (QED) is 0.495. The largest absolute Gasteiger partial charge is 0.382 e. The third kappa shape index (κ3) is 3.21. The third-order valence-electron chi connectivity index (χ3n) is 4.19. The molecule has 20 heavy (non-hydrogen) atoms. The number of hydrogen-bond donors (Lipinski definition) is 2. The molecule has 5 heteroatoms. The van der Waals surface area contributed by atoms with Crippen LogP contribution in [0.2, 0.25) is 0 Å². The van der Waals surface area contributed by atoms with Gasteiger partial charge in [-0.1, -0.05) is 32.3 Å². The van der Waals surface area contributed by atoms with E-state index in [4.69, 9.17) is 0 Å². The number of nitrogens with zero attached hydrogens (tertiary/aromatic N) is 1. The van der Waals surface area contributed by atoms with Crippen LogP contribution in [0.1, 0.15) is 39.0 Å². The summed E-state index contributed by atoms with van der Waals surface area (Å²) in [6.45, 7) is 2.23. The molecular formula is C15H23N3O2. The molecule has 0 bridgehead atoms. The van der Waals surface area contributed by atoms with E-state index in [2.05, 4.69) is 17.6 Å². The number of nitro groups is 1. The average Bonchev–Trinajstić information content (AvgIpc) is 2.63. The maximum Gasteiger partial charge on any atom is 0.315 e. The summed E-state index contributed by atoms with van der Waals surface area (Å²) in [7, 11) is 1.71. The van der Waals surface area contributed by atoms with Crippen LogP contribution >= 0.6 is 0 Å². The van der Waals surface area contributed by atoms with E-state index in [1.54, 1.807) is 19.2 Å². The molecule has 1 aliphatic rings. The molecule has 2 N–H and O–H groups in total. The fourth-order valence-electron chi connectivity index (χ4n) is 2.97. The first-order chi connectivity index (χ1) is 9.63. The number of hydrogen-bond acceptors (Lipinski definition) is 4. The molecule has 110 valence electrons. The van der Waals surface area contributed by atoms with Crippen molar-refractivity contribution in [2.75, 3.05) is 17.7 Å². The summed E-state index contributed by atoms with van der Waals surface area (Å²) in [5.74, 6) is 0.551. The van der Waals surface area contributed by atoms with Crippen LogP contribution < -0.4 is 10.6 Å². The SMILES string of the molecule is CNc1cccc(NC2CCCCCC2C)c1[N+](=O)[O-]. The molecule has 0 aliphatic heterocycles. The number of nitro benzene ring substituents is 1. The predicted molar refractivity (Wildman–Crippen MR) is 82.3 cm³/mol. The highest BCUT2D eigenvalue weighted by Crippen LogP contribution is 2.35. The molecule has 0 aromatic heterocycles. The Balaban J connectivity index is 2.25. The fraction of sp³-hybridized carbons (Fsp3) is 0.600. The zero-order valence-electron chi connectivity index (χ0n) is 12.2. The normalized spacial score (nSPS) is 22.9. The van der Waals surface area contributed by atoms with Crippen molar-refractivity contribution in [2.24, 2.45) is 5.92 Å². The van der Waals surface area contributed by atoms with Gasteiger partial charge in [-0.05, 0) is 30.9 Å². The molecule has 2 atom stereocenters. The third-order valence-corrected chi connectivity index (χ3v) is 4.19. The molecule has 5 nitrogen and oxygen atoms in total. The molecule has 0 heterocycles. The lowest BCUT2D eigenvalue weighted by atomic mass is 9.96. The van der Waals surface area contributed by atoms with Gasteiger partial charge in [0.25, 0.3) is 0 Å². The second kappa shape index (κ2) is 6.59. The van der Waals surface area contributed by atoms with Gasteiger partial charge in [-0.3, -0.25) is 10.1 Å². The van der Waals surface area contributed by atoms with Crippen LogP contribution in [0.25, 0.3) is 0 Å². The minimum atomic E-state index is -0.310. The zero-order chi connectivity index (χ0) is 14.5. The molecule has 1 fully saturated rings. The van der Waals surface area contributed by atoms with Crippen LogP contribution in [0, 0.1) is 16.0 Å². The van der Waals surface area contributed by atoms with Gasteiger partial charge in [0.15, 0.2) is 0 Å². The molecule has 2 unspecified atom stereocenters. The smallest absolute Gasteiger partial charge is 0.315 e. The van der Waals surface area contributed by atoms with Gasteiger partial charge in [-0.15, -0.1) is 0 Å². The Morgan fingerprint density at radius 2 is 1.90 bits per heavy atom. The lowest BCUT2D eigenvalue weighted by molar-refractivity contribution is -0.383. The Morgan fingerprint density at radius 1 is 1.20 bits per heavy atom. The van der Waals surface area contributed by atoms with E-state index in [-0.39, 0.29) is 10.6 Å². The lowest BCUT2D eigenvalue weighted by Crippen LogP contribution is -2.26. The number of para-hydroxylation sites is 1. The highest BCUT2D eigenvalue weighted by atomic mass is 16.6. The Kier molecular flexibility index (Phi) is 4.82. The minimum absolute atomic E-state index is 0.145. The number of benzene rings is 1. The van der Waals surface area contributed by atoms with E-state index in [1.165, 1.54) is 25.7 Å². The molecule has 1 saturated carbocycles. The maximum absolute atomic E-state index is 11.3. The van der Waals surface area contributed by atoms with E-state index >= 15 is 0 Å². The van der Waals surface area contributed by atoms with Crippen LogP contribution in [-0.2, 0) is 0 Å². The van der Waals surface area contributed by atoms with Gasteiger partial charge in [-0.25, -0.2) is 0 Å². The van der Waals surface area contributed by atoms with Crippen molar-refractivity contribution < 1.29 is 4.92 Å². The van der Waals surface area contributed by atoms with Crippen molar-refractivity contribution in [2.45, 2.75) is 45.1 Å². The van der Waals surface area contributed by atoms with Crippen LogP contribution in [0.5, 0.6) is 0 Å². The Hall–Kier alpha value is -1.78. The van der Waals surface area contributed by atoms with Crippen LogP contribution in [0.4, 0.5) is 17.1 Å². The van der Waals surface area contributed by atoms with E-state index in [9.17, 15) is 10.1 Å². The molecule has 1 aliphatic carbocycles. The predicted octanol–water partition coefficient (Wildman–Crippen LogP) is 4.02. The van der Waals surface area contributed by atoms with E-state index in [0.29, 0.717) is 23.3 Å². The number of rotatable bonds is 4. The summed E-state index contributed by atoms with van der Waals surface area (Å²) in [4.78, 5) is 11.0. The van der Waals surface area contributed by atoms with Gasteiger partial charge in [0.05, 0.1) is 4.92 Å². The fourth-order valence-corrected chi connectivity index (χ4v) is 2.97. The highest BCUT2D eigenvalue weighted by Gasteiger charge is 2.24. The van der Waals surface area contributed by atoms with Crippen molar-refractivity contribution in [3.8, 4) is 0 Å². The summed E-state index contributed by atoms with van der Waals surface area (Å²) < 4.78 is 0. The molecule has 1 aromatic rings.